The van der Waals surface area contributed by atoms with E-state index in [-0.39, 0.29) is 12.0 Å². The Kier molecular flexibility index (Phi) is 1.96. The molecule has 4 nitrogen and oxygen atoms in total. The van der Waals surface area contributed by atoms with E-state index in [1.807, 2.05) is 28.8 Å². The molecule has 3 rings (SSSR count). The molecule has 82 valence electrons. The van der Waals surface area contributed by atoms with Gasteiger partial charge in [0.25, 0.3) is 0 Å². The summed E-state index contributed by atoms with van der Waals surface area (Å²) in [6.45, 7) is 0. The maximum absolute atomic E-state index is 11.0. The summed E-state index contributed by atoms with van der Waals surface area (Å²) in [5, 5.41) is 9.04. The predicted molar refractivity (Wildman–Crippen MR) is 59.1 cm³/mol. The molecule has 0 radical (unpaired) electrons. The number of carbonyl (C=O) groups is 1. The quantitative estimate of drug-likeness (QED) is 0.836. The van der Waals surface area contributed by atoms with E-state index in [0.29, 0.717) is 0 Å². The minimum atomic E-state index is -0.700. The first kappa shape index (κ1) is 9.39. The Morgan fingerprint density at radius 3 is 2.88 bits per heavy atom. The zero-order valence-electron chi connectivity index (χ0n) is 8.71. The molecule has 1 N–H and O–H groups in total. The molecule has 2 atom stereocenters. The van der Waals surface area contributed by atoms with Crippen molar-refractivity contribution in [2.45, 2.75) is 18.9 Å². The molecular formula is C12H12N2O2. The molecule has 0 aliphatic heterocycles. The second-order valence-electron chi connectivity index (χ2n) is 4.23. The number of hydrogen-bond donors (Lipinski definition) is 1. The van der Waals surface area contributed by atoms with Crippen LogP contribution >= 0.6 is 0 Å². The average Bonchev–Trinajstić information content (AvgIpc) is 2.60. The first-order valence-electron chi connectivity index (χ1n) is 5.42. The fourth-order valence-electron chi connectivity index (χ4n) is 2.35. The third-order valence-corrected chi connectivity index (χ3v) is 3.39. The van der Waals surface area contributed by atoms with Crippen LogP contribution in [0.2, 0.25) is 0 Å². The number of carboxylic acid groups (broad SMARTS) is 1. The van der Waals surface area contributed by atoms with Gasteiger partial charge < -0.3 is 9.67 Å². The minimum absolute atomic E-state index is 0.0740. The summed E-state index contributed by atoms with van der Waals surface area (Å²) in [4.78, 5) is 15.3. The number of rotatable bonds is 2. The number of benzene rings is 1. The van der Waals surface area contributed by atoms with Gasteiger partial charge in [-0.15, -0.1) is 0 Å². The molecule has 0 spiro atoms. The summed E-state index contributed by atoms with van der Waals surface area (Å²) in [6.07, 6.45) is 3.45. The summed E-state index contributed by atoms with van der Waals surface area (Å²) in [6, 6.07) is 7.90. The van der Waals surface area contributed by atoms with Crippen molar-refractivity contribution in [2.24, 2.45) is 5.92 Å². The first-order valence-corrected chi connectivity index (χ1v) is 5.42. The van der Waals surface area contributed by atoms with Crippen molar-refractivity contribution in [3.63, 3.8) is 0 Å². The van der Waals surface area contributed by atoms with Crippen molar-refractivity contribution >= 4 is 17.0 Å². The number of hydrogen-bond acceptors (Lipinski definition) is 2. The van der Waals surface area contributed by atoms with Crippen LogP contribution in [0.3, 0.4) is 0 Å². The molecule has 1 fully saturated rings. The fraction of sp³-hybridized carbons (Fsp3) is 0.333. The Bertz CT molecular complexity index is 547. The van der Waals surface area contributed by atoms with Gasteiger partial charge in [0.05, 0.1) is 23.3 Å². The topological polar surface area (TPSA) is 55.1 Å². The van der Waals surface area contributed by atoms with E-state index in [4.69, 9.17) is 5.11 Å². The molecule has 1 aliphatic rings. The van der Waals surface area contributed by atoms with Crippen LogP contribution in [0.4, 0.5) is 0 Å². The van der Waals surface area contributed by atoms with E-state index in [9.17, 15) is 4.79 Å². The van der Waals surface area contributed by atoms with E-state index in [2.05, 4.69) is 4.98 Å². The van der Waals surface area contributed by atoms with Gasteiger partial charge in [-0.1, -0.05) is 12.1 Å². The Labute approximate surface area is 92.5 Å². The fourth-order valence-corrected chi connectivity index (χ4v) is 2.35. The van der Waals surface area contributed by atoms with Gasteiger partial charge in [0.15, 0.2) is 0 Å². The Morgan fingerprint density at radius 1 is 1.38 bits per heavy atom. The van der Waals surface area contributed by atoms with Crippen LogP contribution in [0.1, 0.15) is 18.9 Å². The summed E-state index contributed by atoms with van der Waals surface area (Å²) >= 11 is 0. The van der Waals surface area contributed by atoms with Crippen molar-refractivity contribution in [2.75, 3.05) is 0 Å². The highest BCUT2D eigenvalue weighted by Crippen LogP contribution is 2.40. The minimum Gasteiger partial charge on any atom is -0.481 e. The molecule has 0 amide bonds. The normalized spacial score (nSPS) is 24.2. The summed E-state index contributed by atoms with van der Waals surface area (Å²) < 4.78 is 2.00. The molecule has 4 heteroatoms. The highest BCUT2D eigenvalue weighted by Gasteiger charge is 2.38. The molecule has 0 bridgehead atoms. The Hall–Kier alpha value is -1.84. The van der Waals surface area contributed by atoms with E-state index in [1.165, 1.54) is 0 Å². The van der Waals surface area contributed by atoms with E-state index >= 15 is 0 Å². The van der Waals surface area contributed by atoms with Crippen molar-refractivity contribution in [3.8, 4) is 0 Å². The van der Waals surface area contributed by atoms with Gasteiger partial charge in [0, 0.05) is 6.04 Å². The van der Waals surface area contributed by atoms with Crippen molar-refractivity contribution in [1.29, 1.82) is 0 Å². The maximum Gasteiger partial charge on any atom is 0.308 e. The summed E-state index contributed by atoms with van der Waals surface area (Å²) in [7, 11) is 0. The SMILES string of the molecule is O=C(O)C1CCC1n1cnc2ccccc21. The van der Waals surface area contributed by atoms with E-state index < -0.39 is 5.97 Å². The number of carboxylic acids is 1. The summed E-state index contributed by atoms with van der Waals surface area (Å²) in [5.41, 5.74) is 1.96. The van der Waals surface area contributed by atoms with Crippen LogP contribution in [0.5, 0.6) is 0 Å². The van der Waals surface area contributed by atoms with Crippen LogP contribution < -0.4 is 0 Å². The van der Waals surface area contributed by atoms with Gasteiger partial charge >= 0.3 is 5.97 Å². The van der Waals surface area contributed by atoms with Gasteiger partial charge in [-0.05, 0) is 25.0 Å². The average molecular weight is 216 g/mol. The lowest BCUT2D eigenvalue weighted by Gasteiger charge is -2.34. The van der Waals surface area contributed by atoms with Crippen molar-refractivity contribution in [1.82, 2.24) is 9.55 Å². The van der Waals surface area contributed by atoms with Crippen molar-refractivity contribution in [3.05, 3.63) is 30.6 Å². The smallest absolute Gasteiger partial charge is 0.308 e. The number of aliphatic carboxylic acids is 1. The van der Waals surface area contributed by atoms with Gasteiger partial charge in [0.1, 0.15) is 0 Å². The van der Waals surface area contributed by atoms with Gasteiger partial charge in [-0.2, -0.15) is 0 Å². The predicted octanol–water partition coefficient (Wildman–Crippen LogP) is 2.07. The number of aromatic nitrogens is 2. The molecule has 16 heavy (non-hydrogen) atoms. The molecule has 2 unspecified atom stereocenters. The van der Waals surface area contributed by atoms with Crippen LogP contribution in [-0.2, 0) is 4.79 Å². The number of fused-ring (bicyclic) bond motifs is 1. The lowest BCUT2D eigenvalue weighted by atomic mass is 9.79. The van der Waals surface area contributed by atoms with Crippen LogP contribution in [0.25, 0.3) is 11.0 Å². The maximum atomic E-state index is 11.0. The second-order valence-corrected chi connectivity index (χ2v) is 4.23. The molecular weight excluding hydrogens is 204 g/mol. The number of imidazole rings is 1. The van der Waals surface area contributed by atoms with Crippen LogP contribution in [0.15, 0.2) is 30.6 Å². The summed E-state index contributed by atoms with van der Waals surface area (Å²) in [5.74, 6) is -0.952. The van der Waals surface area contributed by atoms with Crippen LogP contribution in [-0.4, -0.2) is 20.6 Å². The van der Waals surface area contributed by atoms with Gasteiger partial charge in [-0.3, -0.25) is 4.79 Å². The zero-order chi connectivity index (χ0) is 11.1. The highest BCUT2D eigenvalue weighted by atomic mass is 16.4. The number of nitrogens with zero attached hydrogens (tertiary/aromatic N) is 2. The largest absolute Gasteiger partial charge is 0.481 e. The van der Waals surface area contributed by atoms with Gasteiger partial charge in [-0.25, -0.2) is 4.98 Å². The van der Waals surface area contributed by atoms with Crippen molar-refractivity contribution < 1.29 is 9.90 Å². The van der Waals surface area contributed by atoms with E-state index in [1.54, 1.807) is 6.33 Å². The highest BCUT2D eigenvalue weighted by molar-refractivity contribution is 5.76. The monoisotopic (exact) mass is 216 g/mol. The molecule has 2 aromatic rings. The molecule has 1 aromatic heterocycles. The third kappa shape index (κ3) is 1.23. The first-order chi connectivity index (χ1) is 7.77. The molecule has 0 saturated heterocycles. The number of para-hydroxylation sites is 2. The van der Waals surface area contributed by atoms with Gasteiger partial charge in [0.2, 0.25) is 0 Å². The zero-order valence-corrected chi connectivity index (χ0v) is 8.71. The Morgan fingerprint density at radius 2 is 2.19 bits per heavy atom. The third-order valence-electron chi connectivity index (χ3n) is 3.39. The van der Waals surface area contributed by atoms with Crippen LogP contribution in [0, 0.1) is 5.92 Å². The molecule has 1 aromatic carbocycles. The second kappa shape index (κ2) is 3.33. The lowest BCUT2D eigenvalue weighted by Crippen LogP contribution is -2.34. The standard InChI is InChI=1S/C12H12N2O2/c15-12(16)8-5-6-10(8)14-7-13-9-3-1-2-4-11(9)14/h1-4,7-8,10H,5-6H2,(H,15,16). The lowest BCUT2D eigenvalue weighted by molar-refractivity contribution is -0.147. The van der Waals surface area contributed by atoms with E-state index in [0.717, 1.165) is 23.9 Å². The molecule has 1 heterocycles. The molecule has 1 saturated carbocycles. The molecule has 1 aliphatic carbocycles. The Balaban J connectivity index is 2.03.